The second-order valence-electron chi connectivity index (χ2n) is 8.99. The number of carbonyl (C=O) groups excluding carboxylic acids is 2. The zero-order valence-electron chi connectivity index (χ0n) is 19.5. The van der Waals surface area contributed by atoms with Gasteiger partial charge in [-0.05, 0) is 30.9 Å². The predicted octanol–water partition coefficient (Wildman–Crippen LogP) is 3.21. The first-order valence-corrected chi connectivity index (χ1v) is 11.9. The normalized spacial score (nSPS) is 19.6. The van der Waals surface area contributed by atoms with E-state index in [0.717, 1.165) is 12.8 Å². The number of hydrogen-bond acceptors (Lipinski definition) is 6. The second-order valence-corrected chi connectivity index (χ2v) is 9.35. The highest BCUT2D eigenvalue weighted by Gasteiger charge is 2.49. The van der Waals surface area contributed by atoms with E-state index >= 15 is 0 Å². The Hall–Kier alpha value is -3.54. The molecule has 0 radical (unpaired) electrons. The number of fused-ring (bicyclic) bond motifs is 1. The fraction of sp³-hybridized carbons (Fsp3) is 0.435. The number of nitrogens with zero attached hydrogens (tertiary/aromatic N) is 6. The quantitative estimate of drug-likeness (QED) is 0.519. The first kappa shape index (κ1) is 24.2. The molecule has 1 N–H and O–H groups in total. The molecule has 36 heavy (non-hydrogen) atoms. The van der Waals surface area contributed by atoms with Crippen LogP contribution in [0.25, 0.3) is 11.0 Å². The molecule has 5 rings (SSSR count). The van der Waals surface area contributed by atoms with Gasteiger partial charge < -0.3 is 24.4 Å². The third kappa shape index (κ3) is 4.41. The molecule has 3 aromatic heterocycles. The molecule has 1 spiro atoms. The highest BCUT2D eigenvalue weighted by Crippen LogP contribution is 2.38. The number of pyridine rings is 1. The van der Waals surface area contributed by atoms with E-state index in [0.29, 0.717) is 48.3 Å². The van der Waals surface area contributed by atoms with Crippen molar-refractivity contribution in [2.24, 2.45) is 7.05 Å². The minimum atomic E-state index is -2.94. The second kappa shape index (κ2) is 9.49. The lowest BCUT2D eigenvalue weighted by molar-refractivity contribution is -0.0528. The van der Waals surface area contributed by atoms with Gasteiger partial charge >= 0.3 is 12.6 Å². The number of ether oxygens (including phenoxy) is 1. The molecule has 2 fully saturated rings. The van der Waals surface area contributed by atoms with Crippen molar-refractivity contribution in [1.82, 2.24) is 34.6 Å². The molecule has 2 aliphatic heterocycles. The average molecular weight is 520 g/mol. The van der Waals surface area contributed by atoms with Crippen LogP contribution in [-0.4, -0.2) is 73.0 Å². The van der Waals surface area contributed by atoms with Crippen LogP contribution in [0.2, 0.25) is 5.15 Å². The van der Waals surface area contributed by atoms with Crippen LogP contribution in [0, 0.1) is 0 Å². The fourth-order valence-corrected chi connectivity index (χ4v) is 5.31. The number of carbonyl (C=O) groups is 2. The van der Waals surface area contributed by atoms with Crippen LogP contribution in [0.1, 0.15) is 35.3 Å². The van der Waals surface area contributed by atoms with Crippen LogP contribution >= 0.6 is 11.6 Å². The van der Waals surface area contributed by atoms with Crippen molar-refractivity contribution in [3.8, 4) is 5.88 Å². The Morgan fingerprint density at radius 2 is 2.06 bits per heavy atom. The van der Waals surface area contributed by atoms with Gasteiger partial charge in [0, 0.05) is 45.5 Å². The van der Waals surface area contributed by atoms with Crippen LogP contribution in [0.4, 0.5) is 13.6 Å². The van der Waals surface area contributed by atoms with Gasteiger partial charge in [0.05, 0.1) is 10.9 Å². The number of halogens is 3. The molecule has 10 nitrogen and oxygen atoms in total. The molecular weight excluding hydrogens is 496 g/mol. The number of urea groups is 1. The lowest BCUT2D eigenvalue weighted by Crippen LogP contribution is -2.53. The largest absolute Gasteiger partial charge is 0.417 e. The predicted molar refractivity (Wildman–Crippen MR) is 126 cm³/mol. The lowest BCUT2D eigenvalue weighted by atomic mass is 9.95. The highest BCUT2D eigenvalue weighted by atomic mass is 35.5. The Morgan fingerprint density at radius 3 is 2.78 bits per heavy atom. The van der Waals surface area contributed by atoms with E-state index < -0.39 is 12.2 Å². The van der Waals surface area contributed by atoms with Gasteiger partial charge in [0.1, 0.15) is 22.8 Å². The molecule has 1 unspecified atom stereocenters. The Bertz CT molecular complexity index is 1300. The van der Waals surface area contributed by atoms with Crippen molar-refractivity contribution in [3.63, 3.8) is 0 Å². The summed E-state index contributed by atoms with van der Waals surface area (Å²) in [6.45, 7) is -1.21. The van der Waals surface area contributed by atoms with E-state index in [1.807, 2.05) is 4.90 Å². The summed E-state index contributed by atoms with van der Waals surface area (Å²) in [6.07, 6.45) is 5.07. The fourth-order valence-electron chi connectivity index (χ4n) is 5.13. The molecule has 0 aromatic carbocycles. The highest BCUT2D eigenvalue weighted by molar-refractivity contribution is 6.34. The van der Waals surface area contributed by atoms with Crippen molar-refractivity contribution < 1.29 is 23.1 Å². The zero-order valence-corrected chi connectivity index (χ0v) is 20.2. The Morgan fingerprint density at radius 1 is 1.22 bits per heavy atom. The van der Waals surface area contributed by atoms with E-state index in [1.165, 1.54) is 18.6 Å². The van der Waals surface area contributed by atoms with Crippen LogP contribution in [0.15, 0.2) is 30.7 Å². The van der Waals surface area contributed by atoms with Gasteiger partial charge in [0.25, 0.3) is 5.91 Å². The van der Waals surface area contributed by atoms with Crippen LogP contribution < -0.4 is 10.1 Å². The molecule has 2 saturated heterocycles. The Labute approximate surface area is 210 Å². The molecule has 1 atom stereocenters. The first-order chi connectivity index (χ1) is 17.3. The molecule has 3 amide bonds. The molecule has 5 heterocycles. The van der Waals surface area contributed by atoms with Gasteiger partial charge in [-0.1, -0.05) is 17.7 Å². The van der Waals surface area contributed by atoms with Crippen LogP contribution in [0.5, 0.6) is 5.88 Å². The zero-order chi connectivity index (χ0) is 25.4. The van der Waals surface area contributed by atoms with Crippen molar-refractivity contribution in [2.75, 3.05) is 19.6 Å². The van der Waals surface area contributed by atoms with Gasteiger partial charge in [-0.2, -0.15) is 8.78 Å². The maximum absolute atomic E-state index is 13.4. The maximum atomic E-state index is 13.4. The first-order valence-electron chi connectivity index (χ1n) is 11.5. The van der Waals surface area contributed by atoms with Crippen LogP contribution in [-0.2, 0) is 13.6 Å². The monoisotopic (exact) mass is 519 g/mol. The van der Waals surface area contributed by atoms with Crippen molar-refractivity contribution in [2.45, 2.75) is 38.0 Å². The Kier molecular flexibility index (Phi) is 6.37. The summed E-state index contributed by atoms with van der Waals surface area (Å²) < 4.78 is 30.5. The van der Waals surface area contributed by atoms with Crippen molar-refractivity contribution in [1.29, 1.82) is 0 Å². The molecule has 0 saturated carbocycles. The summed E-state index contributed by atoms with van der Waals surface area (Å²) in [5, 5.41) is 3.79. The number of aromatic nitrogens is 4. The topological polar surface area (TPSA) is 105 Å². The van der Waals surface area contributed by atoms with E-state index in [1.54, 1.807) is 28.6 Å². The number of aryl methyl sites for hydroxylation is 1. The molecule has 0 bridgehead atoms. The number of rotatable bonds is 5. The van der Waals surface area contributed by atoms with E-state index in [2.05, 4.69) is 25.0 Å². The molecular formula is C23H24ClF2N7O3. The number of amides is 3. The standard InChI is InChI=1S/C23H24ClF2N7O3/c1-31-16(9-15-18(24)29-13-30-19(15)31)20(34)32-8-6-23(12-32)5-2-7-33(23)22(35)28-11-14-3-4-17(27-10-14)36-21(25)26/h3-4,9-10,13,21H,2,5-8,11-12H2,1H3,(H,28,35). The molecule has 0 aliphatic carbocycles. The molecule has 13 heteroatoms. The molecule has 3 aromatic rings. The van der Waals surface area contributed by atoms with Crippen LogP contribution in [0.3, 0.4) is 0 Å². The van der Waals surface area contributed by atoms with Gasteiger partial charge in [-0.3, -0.25) is 4.79 Å². The average Bonchev–Trinajstić information content (AvgIpc) is 3.57. The minimum absolute atomic E-state index is 0.145. The summed E-state index contributed by atoms with van der Waals surface area (Å²) in [5.74, 6) is -0.331. The summed E-state index contributed by atoms with van der Waals surface area (Å²) in [7, 11) is 1.76. The number of hydrogen-bond donors (Lipinski definition) is 1. The van der Waals surface area contributed by atoms with Gasteiger partial charge in [0.2, 0.25) is 5.88 Å². The van der Waals surface area contributed by atoms with Gasteiger partial charge in [-0.15, -0.1) is 0 Å². The number of nitrogens with one attached hydrogen (secondary N) is 1. The maximum Gasteiger partial charge on any atom is 0.388 e. The summed E-state index contributed by atoms with van der Waals surface area (Å²) in [5.41, 5.74) is 1.26. The van der Waals surface area contributed by atoms with Gasteiger partial charge in [0.15, 0.2) is 0 Å². The van der Waals surface area contributed by atoms with Gasteiger partial charge in [-0.25, -0.2) is 19.7 Å². The lowest BCUT2D eigenvalue weighted by Gasteiger charge is -2.35. The minimum Gasteiger partial charge on any atom is -0.417 e. The van der Waals surface area contributed by atoms with Crippen molar-refractivity contribution >= 4 is 34.6 Å². The summed E-state index contributed by atoms with van der Waals surface area (Å²) >= 11 is 6.18. The summed E-state index contributed by atoms with van der Waals surface area (Å²) in [4.78, 5) is 42.1. The number of alkyl halides is 2. The molecule has 190 valence electrons. The Balaban J connectivity index is 1.25. The van der Waals surface area contributed by atoms with Crippen molar-refractivity contribution in [3.05, 3.63) is 47.1 Å². The van der Waals surface area contributed by atoms with E-state index in [9.17, 15) is 18.4 Å². The third-order valence-electron chi connectivity index (χ3n) is 6.91. The SMILES string of the molecule is Cn1c(C(=O)N2CCC3(CCCN3C(=O)NCc3ccc(OC(F)F)nc3)C2)cc2c(Cl)ncnc21. The molecule has 2 aliphatic rings. The number of likely N-dealkylation sites (tertiary alicyclic amines) is 2. The van der Waals surface area contributed by atoms with E-state index in [4.69, 9.17) is 11.6 Å². The smallest absolute Gasteiger partial charge is 0.388 e. The third-order valence-corrected chi connectivity index (χ3v) is 7.21. The summed E-state index contributed by atoms with van der Waals surface area (Å²) in [6, 6.07) is 4.37. The van der Waals surface area contributed by atoms with E-state index in [-0.39, 0.29) is 29.5 Å².